The first-order valence-corrected chi connectivity index (χ1v) is 9.51. The van der Waals surface area contributed by atoms with Gasteiger partial charge in [0.2, 0.25) is 5.88 Å². The molecular formula is C21H15F6N5O2. The first kappa shape index (κ1) is 23.2. The van der Waals surface area contributed by atoms with Crippen LogP contribution in [-0.2, 0) is 12.4 Å². The molecule has 0 saturated carbocycles. The van der Waals surface area contributed by atoms with E-state index in [9.17, 15) is 31.1 Å². The molecule has 1 aromatic heterocycles. The van der Waals surface area contributed by atoms with Crippen molar-refractivity contribution < 1.29 is 35.6 Å². The highest BCUT2D eigenvalue weighted by Gasteiger charge is 2.39. The summed E-state index contributed by atoms with van der Waals surface area (Å²) in [7, 11) is 0. The van der Waals surface area contributed by atoms with Gasteiger partial charge in [0, 0.05) is 5.69 Å². The molecule has 34 heavy (non-hydrogen) atoms. The highest BCUT2D eigenvalue weighted by molar-refractivity contribution is 5.99. The number of anilines is 3. The van der Waals surface area contributed by atoms with Crippen molar-refractivity contribution in [2.45, 2.75) is 18.5 Å². The van der Waals surface area contributed by atoms with Crippen molar-refractivity contribution in [2.75, 3.05) is 9.80 Å². The standard InChI is InChI=1S/C21H15F6N5O2/c22-20(23,24)11-1-6-15(21(25,26)27)16(9-11)32(19(29)33)13-4-2-12(3-5-13)31-10-30-18-14(17(31)28)7-8-34-18/h1-10,17H,28H2,(H2,29,33). The van der Waals surface area contributed by atoms with Crippen LogP contribution in [0, 0.1) is 0 Å². The summed E-state index contributed by atoms with van der Waals surface area (Å²) in [6.07, 6.45) is -7.89. The molecule has 0 bridgehead atoms. The maximum absolute atomic E-state index is 13.6. The number of nitrogens with zero attached hydrogens (tertiary/aromatic N) is 3. The molecular weight excluding hydrogens is 468 g/mol. The van der Waals surface area contributed by atoms with Gasteiger partial charge in [0.05, 0.1) is 34.3 Å². The summed E-state index contributed by atoms with van der Waals surface area (Å²) in [5, 5.41) is 0. The lowest BCUT2D eigenvalue weighted by Crippen LogP contribution is -2.35. The van der Waals surface area contributed by atoms with Crippen molar-refractivity contribution in [3.05, 3.63) is 71.5 Å². The molecule has 13 heteroatoms. The van der Waals surface area contributed by atoms with E-state index in [1.807, 2.05) is 0 Å². The molecule has 2 aromatic carbocycles. The van der Waals surface area contributed by atoms with E-state index in [1.54, 1.807) is 6.07 Å². The van der Waals surface area contributed by atoms with Gasteiger partial charge in [-0.3, -0.25) is 4.90 Å². The van der Waals surface area contributed by atoms with Crippen LogP contribution in [0.25, 0.3) is 0 Å². The predicted octanol–water partition coefficient (Wildman–Crippen LogP) is 5.67. The summed E-state index contributed by atoms with van der Waals surface area (Å²) >= 11 is 0. The Hall–Kier alpha value is -4.00. The number of nitrogens with two attached hydrogens (primary N) is 2. The number of rotatable bonds is 3. The number of carbonyl (C=O) groups excluding carboxylic acids is 1. The fraction of sp³-hybridized carbons (Fsp3) is 0.143. The summed E-state index contributed by atoms with van der Waals surface area (Å²) in [5.74, 6) is 0.324. The Kier molecular flexibility index (Phi) is 5.52. The van der Waals surface area contributed by atoms with Crippen LogP contribution in [0.5, 0.6) is 0 Å². The Balaban J connectivity index is 1.75. The minimum Gasteiger partial charge on any atom is -0.446 e. The second-order valence-corrected chi connectivity index (χ2v) is 7.20. The van der Waals surface area contributed by atoms with Gasteiger partial charge in [-0.05, 0) is 48.5 Å². The number of primary amides is 1. The smallest absolute Gasteiger partial charge is 0.418 e. The number of amides is 2. The molecule has 3 aromatic rings. The summed E-state index contributed by atoms with van der Waals surface area (Å²) < 4.78 is 85.4. The third-order valence-electron chi connectivity index (χ3n) is 5.09. The first-order valence-electron chi connectivity index (χ1n) is 9.51. The lowest BCUT2D eigenvalue weighted by Gasteiger charge is -2.30. The third-order valence-corrected chi connectivity index (χ3v) is 5.09. The fourth-order valence-electron chi connectivity index (χ4n) is 3.50. The van der Waals surface area contributed by atoms with Gasteiger partial charge in [-0.15, -0.1) is 0 Å². The van der Waals surface area contributed by atoms with E-state index in [1.165, 1.54) is 41.8 Å². The molecule has 7 nitrogen and oxygen atoms in total. The molecule has 1 aliphatic rings. The van der Waals surface area contributed by atoms with E-state index in [-0.39, 0.29) is 23.9 Å². The molecule has 4 rings (SSSR count). The van der Waals surface area contributed by atoms with Gasteiger partial charge >= 0.3 is 18.4 Å². The zero-order chi connectivity index (χ0) is 24.8. The summed E-state index contributed by atoms with van der Waals surface area (Å²) in [6, 6.07) is 6.26. The molecule has 2 amide bonds. The van der Waals surface area contributed by atoms with Crippen LogP contribution in [0.1, 0.15) is 22.9 Å². The highest BCUT2D eigenvalue weighted by Crippen LogP contribution is 2.43. The van der Waals surface area contributed by atoms with E-state index in [2.05, 4.69) is 4.99 Å². The van der Waals surface area contributed by atoms with E-state index < -0.39 is 41.4 Å². The average molecular weight is 483 g/mol. The zero-order valence-electron chi connectivity index (χ0n) is 16.9. The quantitative estimate of drug-likeness (QED) is 0.469. The molecule has 0 radical (unpaired) electrons. The maximum atomic E-state index is 13.6. The number of hydrogen-bond donors (Lipinski definition) is 2. The number of fused-ring (bicyclic) bond motifs is 1. The van der Waals surface area contributed by atoms with E-state index in [0.717, 1.165) is 0 Å². The first-order chi connectivity index (χ1) is 15.9. The largest absolute Gasteiger partial charge is 0.446 e. The van der Waals surface area contributed by atoms with Gasteiger partial charge in [-0.1, -0.05) is 0 Å². The van der Waals surface area contributed by atoms with E-state index in [4.69, 9.17) is 15.9 Å². The number of hydrogen-bond acceptors (Lipinski definition) is 5. The van der Waals surface area contributed by atoms with Crippen LogP contribution in [0.3, 0.4) is 0 Å². The van der Waals surface area contributed by atoms with Crippen molar-refractivity contribution in [3.63, 3.8) is 0 Å². The van der Waals surface area contributed by atoms with Gasteiger partial charge in [-0.2, -0.15) is 26.3 Å². The van der Waals surface area contributed by atoms with Crippen LogP contribution in [-0.4, -0.2) is 12.4 Å². The SMILES string of the molecule is NC(=O)N(c1ccc(N2C=Nc3occc3C2N)cc1)c1cc(C(F)(F)F)ccc1C(F)(F)F. The fourth-order valence-corrected chi connectivity index (χ4v) is 3.50. The number of alkyl halides is 6. The van der Waals surface area contributed by atoms with Crippen LogP contribution in [0.2, 0.25) is 0 Å². The van der Waals surface area contributed by atoms with Crippen LogP contribution < -0.4 is 21.3 Å². The van der Waals surface area contributed by atoms with Crippen LogP contribution >= 0.6 is 0 Å². The molecule has 4 N–H and O–H groups in total. The monoisotopic (exact) mass is 483 g/mol. The normalized spacial score (nSPS) is 15.9. The second-order valence-electron chi connectivity index (χ2n) is 7.20. The molecule has 178 valence electrons. The van der Waals surface area contributed by atoms with E-state index in [0.29, 0.717) is 22.0 Å². The van der Waals surface area contributed by atoms with Crippen molar-refractivity contribution >= 4 is 35.3 Å². The zero-order valence-corrected chi connectivity index (χ0v) is 16.9. The van der Waals surface area contributed by atoms with Gasteiger partial charge in [-0.25, -0.2) is 9.79 Å². The van der Waals surface area contributed by atoms with Crippen LogP contribution in [0.4, 0.5) is 54.1 Å². The van der Waals surface area contributed by atoms with Crippen molar-refractivity contribution in [1.29, 1.82) is 0 Å². The average Bonchev–Trinajstić information content (AvgIpc) is 3.23. The summed E-state index contributed by atoms with van der Waals surface area (Å²) in [6.45, 7) is 0. The number of halogens is 6. The molecule has 1 aliphatic heterocycles. The van der Waals surface area contributed by atoms with Crippen molar-refractivity contribution in [2.24, 2.45) is 16.5 Å². The topological polar surface area (TPSA) is 101 Å². The Morgan fingerprint density at radius 3 is 2.26 bits per heavy atom. The van der Waals surface area contributed by atoms with Gasteiger partial charge in [0.25, 0.3) is 0 Å². The molecule has 1 unspecified atom stereocenters. The summed E-state index contributed by atoms with van der Waals surface area (Å²) in [4.78, 5) is 18.1. The molecule has 0 aliphatic carbocycles. The number of benzene rings is 2. The predicted molar refractivity (Wildman–Crippen MR) is 111 cm³/mol. The lowest BCUT2D eigenvalue weighted by molar-refractivity contribution is -0.140. The Labute approximate surface area is 187 Å². The Morgan fingerprint density at radius 2 is 1.68 bits per heavy atom. The van der Waals surface area contributed by atoms with Crippen molar-refractivity contribution in [1.82, 2.24) is 0 Å². The minimum atomic E-state index is -5.05. The lowest BCUT2D eigenvalue weighted by atomic mass is 10.1. The molecule has 0 spiro atoms. The Morgan fingerprint density at radius 1 is 1.00 bits per heavy atom. The Bertz CT molecular complexity index is 1250. The maximum Gasteiger partial charge on any atom is 0.418 e. The highest BCUT2D eigenvalue weighted by atomic mass is 19.4. The minimum absolute atomic E-state index is 0.187. The van der Waals surface area contributed by atoms with Gasteiger partial charge in [0.15, 0.2) is 0 Å². The molecule has 1 atom stereocenters. The number of urea groups is 1. The number of aliphatic imine (C=N–C) groups is 1. The molecule has 0 saturated heterocycles. The van der Waals surface area contributed by atoms with E-state index >= 15 is 0 Å². The number of carbonyl (C=O) groups is 1. The number of furan rings is 1. The van der Waals surface area contributed by atoms with Crippen LogP contribution in [0.15, 0.2) is 64.2 Å². The van der Waals surface area contributed by atoms with Gasteiger partial charge < -0.3 is 20.8 Å². The van der Waals surface area contributed by atoms with Gasteiger partial charge in [0.1, 0.15) is 12.5 Å². The third kappa shape index (κ3) is 4.17. The summed E-state index contributed by atoms with van der Waals surface area (Å²) in [5.41, 5.74) is 8.44. The molecule has 2 heterocycles. The van der Waals surface area contributed by atoms with Crippen molar-refractivity contribution in [3.8, 4) is 0 Å². The second kappa shape index (κ2) is 8.09. The molecule has 0 fully saturated rings.